The van der Waals surface area contributed by atoms with Crippen molar-refractivity contribution in [3.05, 3.63) is 51.5 Å². The van der Waals surface area contributed by atoms with Crippen LogP contribution >= 0.6 is 11.3 Å². The van der Waals surface area contributed by atoms with E-state index in [0.29, 0.717) is 23.7 Å². The van der Waals surface area contributed by atoms with Gasteiger partial charge in [-0.1, -0.05) is 29.5 Å². The van der Waals surface area contributed by atoms with Crippen LogP contribution in [0.25, 0.3) is 4.96 Å². The highest BCUT2D eigenvalue weighted by Crippen LogP contribution is 2.30. The van der Waals surface area contributed by atoms with Crippen molar-refractivity contribution in [1.29, 1.82) is 0 Å². The summed E-state index contributed by atoms with van der Waals surface area (Å²) in [5, 5.41) is 13.2. The van der Waals surface area contributed by atoms with Crippen LogP contribution in [0, 0.1) is 10.1 Å². The molecule has 120 valence electrons. The first-order valence-corrected chi connectivity index (χ1v) is 7.92. The molecule has 3 aromatic rings. The minimum atomic E-state index is -0.387. The fraction of sp³-hybridized carbons (Fsp3) is 0.267. The standard InChI is InChI=1S/C15H16N4O3S/c1-17(8-7-11-5-3-4-6-12(11)22-2)13-14(19(20)21)18-9-10-23-15(18)16-13/h3-6,9-10H,7-8H2,1-2H3. The van der Waals surface area contributed by atoms with E-state index in [9.17, 15) is 10.1 Å². The average Bonchev–Trinajstić information content (AvgIpc) is 3.13. The second-order valence-corrected chi connectivity index (χ2v) is 5.93. The number of thiazole rings is 1. The van der Waals surface area contributed by atoms with Crippen LogP contribution in [0.5, 0.6) is 5.75 Å². The Hall–Kier alpha value is -2.61. The van der Waals surface area contributed by atoms with E-state index in [-0.39, 0.29) is 10.7 Å². The summed E-state index contributed by atoms with van der Waals surface area (Å²) < 4.78 is 6.85. The molecule has 23 heavy (non-hydrogen) atoms. The number of fused-ring (bicyclic) bond motifs is 1. The molecule has 0 N–H and O–H groups in total. The molecule has 0 aliphatic carbocycles. The van der Waals surface area contributed by atoms with Gasteiger partial charge in [0.2, 0.25) is 5.82 Å². The van der Waals surface area contributed by atoms with Crippen LogP contribution in [0.15, 0.2) is 35.8 Å². The lowest BCUT2D eigenvalue weighted by atomic mass is 10.1. The molecule has 0 amide bonds. The monoisotopic (exact) mass is 332 g/mol. The van der Waals surface area contributed by atoms with Crippen molar-refractivity contribution in [3.63, 3.8) is 0 Å². The number of para-hydroxylation sites is 1. The highest BCUT2D eigenvalue weighted by atomic mass is 32.1. The van der Waals surface area contributed by atoms with E-state index in [0.717, 1.165) is 11.3 Å². The number of anilines is 1. The second-order valence-electron chi connectivity index (χ2n) is 5.06. The maximum atomic E-state index is 11.4. The van der Waals surface area contributed by atoms with Crippen LogP contribution in [0.4, 0.5) is 11.6 Å². The van der Waals surface area contributed by atoms with Gasteiger partial charge in [-0.15, -0.1) is 0 Å². The Bertz CT molecular complexity index is 842. The summed E-state index contributed by atoms with van der Waals surface area (Å²) in [6, 6.07) is 7.77. The van der Waals surface area contributed by atoms with Crippen molar-refractivity contribution in [2.75, 3.05) is 25.6 Å². The van der Waals surface area contributed by atoms with Crippen molar-refractivity contribution in [2.45, 2.75) is 6.42 Å². The van der Waals surface area contributed by atoms with Crippen LogP contribution < -0.4 is 9.64 Å². The van der Waals surface area contributed by atoms with E-state index >= 15 is 0 Å². The highest BCUT2D eigenvalue weighted by molar-refractivity contribution is 7.15. The minimum Gasteiger partial charge on any atom is -0.496 e. The third kappa shape index (κ3) is 2.85. The Kier molecular flexibility index (Phi) is 4.16. The van der Waals surface area contributed by atoms with Crippen LogP contribution in [0.2, 0.25) is 0 Å². The number of hydrogen-bond donors (Lipinski definition) is 0. The van der Waals surface area contributed by atoms with Gasteiger partial charge in [-0.05, 0) is 23.0 Å². The molecule has 2 aromatic heterocycles. The molecular formula is C15H16N4O3S. The van der Waals surface area contributed by atoms with Crippen molar-refractivity contribution in [3.8, 4) is 5.75 Å². The molecule has 1 aromatic carbocycles. The number of nitro groups is 1. The number of nitrogens with zero attached hydrogens (tertiary/aromatic N) is 4. The summed E-state index contributed by atoms with van der Waals surface area (Å²) in [6.45, 7) is 0.603. The van der Waals surface area contributed by atoms with Gasteiger partial charge in [0.05, 0.1) is 7.11 Å². The summed E-state index contributed by atoms with van der Waals surface area (Å²) in [4.78, 5) is 17.8. The first kappa shape index (κ1) is 15.3. The largest absolute Gasteiger partial charge is 0.496 e. The maximum Gasteiger partial charge on any atom is 0.373 e. The van der Waals surface area contributed by atoms with E-state index in [1.807, 2.05) is 36.2 Å². The summed E-state index contributed by atoms with van der Waals surface area (Å²) in [5.74, 6) is 1.21. The fourth-order valence-corrected chi connectivity index (χ4v) is 3.20. The van der Waals surface area contributed by atoms with Crippen LogP contribution in [-0.2, 0) is 6.42 Å². The fourth-order valence-electron chi connectivity index (χ4n) is 2.49. The zero-order chi connectivity index (χ0) is 16.4. The van der Waals surface area contributed by atoms with E-state index < -0.39 is 0 Å². The number of rotatable bonds is 6. The van der Waals surface area contributed by atoms with E-state index in [1.54, 1.807) is 18.7 Å². The first-order chi connectivity index (χ1) is 11.1. The van der Waals surface area contributed by atoms with Crippen LogP contribution in [0.3, 0.4) is 0 Å². The topological polar surface area (TPSA) is 72.9 Å². The van der Waals surface area contributed by atoms with Gasteiger partial charge < -0.3 is 19.8 Å². The van der Waals surface area contributed by atoms with Crippen molar-refractivity contribution in [1.82, 2.24) is 9.38 Å². The minimum absolute atomic E-state index is 0.00350. The number of benzene rings is 1. The lowest BCUT2D eigenvalue weighted by molar-refractivity contribution is -0.389. The molecule has 0 radical (unpaired) electrons. The molecule has 0 aliphatic rings. The third-order valence-corrected chi connectivity index (χ3v) is 4.42. The van der Waals surface area contributed by atoms with Gasteiger partial charge in [0.1, 0.15) is 11.9 Å². The zero-order valence-corrected chi connectivity index (χ0v) is 13.6. The summed E-state index contributed by atoms with van der Waals surface area (Å²) in [6.07, 6.45) is 2.38. The predicted molar refractivity (Wildman–Crippen MR) is 89.7 cm³/mol. The van der Waals surface area contributed by atoms with E-state index in [4.69, 9.17) is 4.74 Å². The van der Waals surface area contributed by atoms with Crippen LogP contribution in [0.1, 0.15) is 5.56 Å². The van der Waals surface area contributed by atoms with Crippen LogP contribution in [-0.4, -0.2) is 35.0 Å². The summed E-state index contributed by atoms with van der Waals surface area (Å²) >= 11 is 1.38. The number of aromatic nitrogens is 2. The molecule has 3 rings (SSSR count). The number of methoxy groups -OCH3 is 1. The molecule has 0 aliphatic heterocycles. The second kappa shape index (κ2) is 6.25. The summed E-state index contributed by atoms with van der Waals surface area (Å²) in [7, 11) is 3.45. The lowest BCUT2D eigenvalue weighted by Crippen LogP contribution is -2.22. The molecule has 7 nitrogen and oxygen atoms in total. The number of likely N-dealkylation sites (N-methyl/N-ethyl adjacent to an activating group) is 1. The Morgan fingerprint density at radius 3 is 2.96 bits per heavy atom. The number of imidazole rings is 1. The maximum absolute atomic E-state index is 11.4. The molecule has 2 heterocycles. The quantitative estimate of drug-likeness (QED) is 0.512. The third-order valence-electron chi connectivity index (χ3n) is 3.66. The molecule has 0 unspecified atom stereocenters. The smallest absolute Gasteiger partial charge is 0.373 e. The van der Waals surface area contributed by atoms with Gasteiger partial charge in [0.15, 0.2) is 0 Å². The van der Waals surface area contributed by atoms with Gasteiger partial charge in [-0.3, -0.25) is 0 Å². The molecule has 0 bridgehead atoms. The first-order valence-electron chi connectivity index (χ1n) is 7.04. The van der Waals surface area contributed by atoms with Crippen molar-refractivity contribution < 1.29 is 9.66 Å². The Morgan fingerprint density at radius 2 is 2.22 bits per heavy atom. The van der Waals surface area contributed by atoms with Crippen molar-refractivity contribution in [2.24, 2.45) is 0 Å². The van der Waals surface area contributed by atoms with Gasteiger partial charge in [-0.2, -0.15) is 9.38 Å². The highest BCUT2D eigenvalue weighted by Gasteiger charge is 2.26. The molecular weight excluding hydrogens is 316 g/mol. The van der Waals surface area contributed by atoms with Gasteiger partial charge in [0, 0.05) is 19.0 Å². The number of ether oxygens (including phenoxy) is 1. The van der Waals surface area contributed by atoms with E-state index in [1.165, 1.54) is 15.7 Å². The molecule has 0 atom stereocenters. The molecule has 8 heteroatoms. The Morgan fingerprint density at radius 1 is 1.43 bits per heavy atom. The zero-order valence-electron chi connectivity index (χ0n) is 12.8. The van der Waals surface area contributed by atoms with Gasteiger partial charge >= 0.3 is 5.82 Å². The molecule has 0 spiro atoms. The van der Waals surface area contributed by atoms with Gasteiger partial charge in [-0.25, -0.2) is 0 Å². The Balaban J connectivity index is 1.83. The Labute approximate surface area is 136 Å². The molecule has 0 saturated heterocycles. The lowest BCUT2D eigenvalue weighted by Gasteiger charge is -2.16. The molecule has 0 fully saturated rings. The number of hydrogen-bond acceptors (Lipinski definition) is 6. The normalized spacial score (nSPS) is 10.9. The predicted octanol–water partition coefficient (Wildman–Crippen LogP) is 2.99. The van der Waals surface area contributed by atoms with Gasteiger partial charge in [0.25, 0.3) is 4.96 Å². The summed E-state index contributed by atoms with van der Waals surface area (Å²) in [5.41, 5.74) is 1.06. The van der Waals surface area contributed by atoms with Crippen molar-refractivity contribution >= 4 is 27.9 Å². The average molecular weight is 332 g/mol. The van der Waals surface area contributed by atoms with E-state index in [2.05, 4.69) is 4.98 Å². The molecule has 0 saturated carbocycles. The SMILES string of the molecule is COc1ccccc1CCN(C)c1nc2sccn2c1[N+](=O)[O-].